The third-order valence-electron chi connectivity index (χ3n) is 5.86. The third kappa shape index (κ3) is 3.95. The maximum Gasteiger partial charge on any atom is 0.325 e. The summed E-state index contributed by atoms with van der Waals surface area (Å²) in [7, 11) is 0. The molecule has 1 saturated heterocycles. The van der Waals surface area contributed by atoms with Gasteiger partial charge in [0.15, 0.2) is 0 Å². The first-order valence-electron chi connectivity index (χ1n) is 10.1. The van der Waals surface area contributed by atoms with Gasteiger partial charge in [-0.3, -0.25) is 14.5 Å². The highest BCUT2D eigenvalue weighted by atomic mass is 79.9. The summed E-state index contributed by atoms with van der Waals surface area (Å²) >= 11 is 3.56. The Balaban J connectivity index is 1.67. The maximum atomic E-state index is 13.0. The molecule has 1 aliphatic carbocycles. The van der Waals surface area contributed by atoms with Crippen LogP contribution in [0, 0.1) is 0 Å². The summed E-state index contributed by atoms with van der Waals surface area (Å²) in [6, 6.07) is 7.43. The Morgan fingerprint density at radius 1 is 1.29 bits per heavy atom. The van der Waals surface area contributed by atoms with Gasteiger partial charge in [0.05, 0.1) is 6.04 Å². The fraction of sp³-hybridized carbons (Fsp3) is 0.571. The molecule has 6 nitrogen and oxygen atoms in total. The molecule has 3 rings (SSSR count). The van der Waals surface area contributed by atoms with Gasteiger partial charge in [-0.05, 0) is 37.8 Å². The number of amides is 4. The second kappa shape index (κ2) is 8.64. The highest BCUT2D eigenvalue weighted by molar-refractivity contribution is 9.10. The Kier molecular flexibility index (Phi) is 6.43. The second-order valence-electron chi connectivity index (χ2n) is 7.71. The Bertz CT molecular complexity index is 761. The molecule has 1 atom stereocenters. The molecule has 1 aromatic rings. The van der Waals surface area contributed by atoms with Crippen LogP contribution in [-0.2, 0) is 9.59 Å². The van der Waals surface area contributed by atoms with Crippen LogP contribution < -0.4 is 5.32 Å². The van der Waals surface area contributed by atoms with Crippen LogP contribution in [0.3, 0.4) is 0 Å². The molecule has 1 heterocycles. The first kappa shape index (κ1) is 20.8. The lowest BCUT2D eigenvalue weighted by molar-refractivity contribution is -0.135. The first-order chi connectivity index (χ1) is 13.4. The fourth-order valence-electron chi connectivity index (χ4n) is 4.30. The van der Waals surface area contributed by atoms with E-state index in [1.807, 2.05) is 43.0 Å². The molecule has 1 aliphatic heterocycles. The number of nitrogens with zero attached hydrogens (tertiary/aromatic N) is 2. The Morgan fingerprint density at radius 3 is 2.61 bits per heavy atom. The lowest BCUT2D eigenvalue weighted by Gasteiger charge is -2.30. The normalized spacial score (nSPS) is 19.2. The minimum Gasteiger partial charge on any atom is -0.336 e. The summed E-state index contributed by atoms with van der Waals surface area (Å²) in [5.74, 6) is -0.207. The lowest BCUT2D eigenvalue weighted by Crippen LogP contribution is -2.44. The molecule has 1 aromatic carbocycles. The van der Waals surface area contributed by atoms with Gasteiger partial charge in [0.1, 0.15) is 5.54 Å². The third-order valence-corrected chi connectivity index (χ3v) is 6.58. The monoisotopic (exact) mass is 449 g/mol. The van der Waals surface area contributed by atoms with Crippen molar-refractivity contribution in [2.24, 2.45) is 0 Å². The van der Waals surface area contributed by atoms with E-state index in [0.29, 0.717) is 19.4 Å². The van der Waals surface area contributed by atoms with Gasteiger partial charge in [0.25, 0.3) is 5.91 Å². The molecular weight excluding hydrogens is 422 g/mol. The smallest absolute Gasteiger partial charge is 0.325 e. The summed E-state index contributed by atoms with van der Waals surface area (Å²) in [5.41, 5.74) is 0.329. The number of nitrogens with one attached hydrogen (secondary N) is 1. The number of rotatable bonds is 7. The van der Waals surface area contributed by atoms with E-state index in [1.54, 1.807) is 0 Å². The molecule has 0 aromatic heterocycles. The highest BCUT2D eigenvalue weighted by Crippen LogP contribution is 2.35. The number of halogens is 1. The van der Waals surface area contributed by atoms with E-state index in [-0.39, 0.29) is 36.9 Å². The number of urea groups is 1. The molecular formula is C21H28BrN3O3. The highest BCUT2D eigenvalue weighted by Gasteiger charge is 2.52. The van der Waals surface area contributed by atoms with Crippen LogP contribution in [0.5, 0.6) is 0 Å². The van der Waals surface area contributed by atoms with Gasteiger partial charge >= 0.3 is 6.03 Å². The SMILES string of the molecule is CCCN(C(=O)CCN1C(=O)NC2(CCCC2)C1=O)C(C)c1ccccc1Br. The van der Waals surface area contributed by atoms with E-state index in [9.17, 15) is 14.4 Å². The largest absolute Gasteiger partial charge is 0.336 e. The average Bonchev–Trinajstić information content (AvgIpc) is 3.23. The van der Waals surface area contributed by atoms with Crippen LogP contribution in [0.4, 0.5) is 4.79 Å². The van der Waals surface area contributed by atoms with Crippen LogP contribution in [0.15, 0.2) is 28.7 Å². The Labute approximate surface area is 174 Å². The quantitative estimate of drug-likeness (QED) is 0.639. The summed E-state index contributed by atoms with van der Waals surface area (Å²) in [6.45, 7) is 4.81. The molecule has 28 heavy (non-hydrogen) atoms. The molecule has 0 radical (unpaired) electrons. The topological polar surface area (TPSA) is 69.7 Å². The zero-order valence-electron chi connectivity index (χ0n) is 16.5. The zero-order chi connectivity index (χ0) is 20.3. The van der Waals surface area contributed by atoms with E-state index >= 15 is 0 Å². The number of imide groups is 1. The summed E-state index contributed by atoms with van der Waals surface area (Å²) in [6.07, 6.45) is 4.28. The van der Waals surface area contributed by atoms with Crippen molar-refractivity contribution in [3.8, 4) is 0 Å². The van der Waals surface area contributed by atoms with E-state index in [2.05, 4.69) is 21.2 Å². The van der Waals surface area contributed by atoms with Gasteiger partial charge in [-0.25, -0.2) is 4.79 Å². The van der Waals surface area contributed by atoms with Gasteiger partial charge in [-0.15, -0.1) is 0 Å². The molecule has 2 aliphatic rings. The molecule has 1 spiro atoms. The average molecular weight is 450 g/mol. The predicted molar refractivity (Wildman–Crippen MR) is 111 cm³/mol. The van der Waals surface area contributed by atoms with Crippen LogP contribution in [0.1, 0.15) is 64.0 Å². The van der Waals surface area contributed by atoms with Crippen LogP contribution >= 0.6 is 15.9 Å². The molecule has 0 bridgehead atoms. The number of hydrogen-bond acceptors (Lipinski definition) is 3. The van der Waals surface area contributed by atoms with Crippen molar-refractivity contribution >= 4 is 33.8 Å². The van der Waals surface area contributed by atoms with Crippen molar-refractivity contribution in [2.45, 2.75) is 64.0 Å². The van der Waals surface area contributed by atoms with Crippen molar-refractivity contribution in [2.75, 3.05) is 13.1 Å². The molecule has 1 N–H and O–H groups in total. The van der Waals surface area contributed by atoms with Gasteiger partial charge in [0.2, 0.25) is 5.91 Å². The zero-order valence-corrected chi connectivity index (χ0v) is 18.1. The number of hydrogen-bond donors (Lipinski definition) is 1. The maximum absolute atomic E-state index is 13.0. The Hall–Kier alpha value is -1.89. The van der Waals surface area contributed by atoms with E-state index < -0.39 is 5.54 Å². The van der Waals surface area contributed by atoms with E-state index in [1.165, 1.54) is 4.90 Å². The van der Waals surface area contributed by atoms with Crippen molar-refractivity contribution < 1.29 is 14.4 Å². The second-order valence-corrected chi connectivity index (χ2v) is 8.57. The molecule has 1 saturated carbocycles. The van der Waals surface area contributed by atoms with E-state index in [4.69, 9.17) is 0 Å². The Morgan fingerprint density at radius 2 is 1.96 bits per heavy atom. The van der Waals surface area contributed by atoms with Crippen molar-refractivity contribution in [3.63, 3.8) is 0 Å². The summed E-state index contributed by atoms with van der Waals surface area (Å²) < 4.78 is 0.966. The molecule has 7 heteroatoms. The summed E-state index contributed by atoms with van der Waals surface area (Å²) in [4.78, 5) is 41.1. The first-order valence-corrected chi connectivity index (χ1v) is 10.9. The molecule has 4 amide bonds. The summed E-state index contributed by atoms with van der Waals surface area (Å²) in [5, 5.41) is 2.87. The van der Waals surface area contributed by atoms with Gasteiger partial charge < -0.3 is 10.2 Å². The van der Waals surface area contributed by atoms with Crippen LogP contribution in [-0.4, -0.2) is 46.3 Å². The minimum absolute atomic E-state index is 0.0434. The standard InChI is InChI=1S/C21H28BrN3O3/c1-3-13-24(15(2)16-8-4-5-9-17(16)22)18(26)10-14-25-19(27)21(23-20(25)28)11-6-7-12-21/h4-5,8-9,15H,3,6-7,10-14H2,1-2H3,(H,23,28). The van der Waals surface area contributed by atoms with Gasteiger partial charge in [-0.1, -0.05) is 53.9 Å². The molecule has 1 unspecified atom stereocenters. The van der Waals surface area contributed by atoms with Crippen molar-refractivity contribution in [1.82, 2.24) is 15.1 Å². The number of benzene rings is 1. The van der Waals surface area contributed by atoms with Crippen molar-refractivity contribution in [3.05, 3.63) is 34.3 Å². The van der Waals surface area contributed by atoms with Gasteiger partial charge in [0, 0.05) is 24.0 Å². The minimum atomic E-state index is -0.717. The lowest BCUT2D eigenvalue weighted by atomic mass is 9.98. The number of carbonyl (C=O) groups is 3. The number of carbonyl (C=O) groups excluding carboxylic acids is 3. The van der Waals surface area contributed by atoms with Crippen LogP contribution in [0.2, 0.25) is 0 Å². The van der Waals surface area contributed by atoms with Gasteiger partial charge in [-0.2, -0.15) is 0 Å². The fourth-order valence-corrected chi connectivity index (χ4v) is 4.92. The molecule has 152 valence electrons. The van der Waals surface area contributed by atoms with Crippen molar-refractivity contribution in [1.29, 1.82) is 0 Å². The predicted octanol–water partition coefficient (Wildman–Crippen LogP) is 4.00. The molecule has 2 fully saturated rings. The van der Waals surface area contributed by atoms with Crippen LogP contribution in [0.25, 0.3) is 0 Å². The van der Waals surface area contributed by atoms with E-state index in [0.717, 1.165) is 29.3 Å².